The second kappa shape index (κ2) is 6.19. The lowest BCUT2D eigenvalue weighted by molar-refractivity contribution is 0.0764. The molecule has 0 radical (unpaired) electrons. The molecule has 0 bridgehead atoms. The number of carbonyl (C=O) groups is 2. The molecule has 4 nitrogen and oxygen atoms in total. The van der Waals surface area contributed by atoms with Crippen molar-refractivity contribution in [3.8, 4) is 0 Å². The summed E-state index contributed by atoms with van der Waals surface area (Å²) in [6.07, 6.45) is 4.54. The van der Waals surface area contributed by atoms with Crippen molar-refractivity contribution in [2.45, 2.75) is 32.6 Å². The van der Waals surface area contributed by atoms with Gasteiger partial charge < -0.3 is 10.6 Å². The van der Waals surface area contributed by atoms with Gasteiger partial charge in [0, 0.05) is 13.1 Å². The van der Waals surface area contributed by atoms with Crippen LogP contribution in [0.4, 0.5) is 0 Å². The molecule has 1 aliphatic heterocycles. The number of carbonyl (C=O) groups excluding carboxylic acids is 2. The van der Waals surface area contributed by atoms with Crippen LogP contribution in [0.5, 0.6) is 0 Å². The van der Waals surface area contributed by atoms with Gasteiger partial charge in [-0.3, -0.25) is 9.59 Å². The molecular weight excluding hydrogens is 260 g/mol. The summed E-state index contributed by atoms with van der Waals surface area (Å²) in [6.45, 7) is 3.85. The molecule has 1 aromatic rings. The molecular formula is C14H20N2O2S. The molecule has 1 aliphatic rings. The highest BCUT2D eigenvalue weighted by Gasteiger charge is 2.22. The highest BCUT2D eigenvalue weighted by molar-refractivity contribution is 7.15. The highest BCUT2D eigenvalue weighted by atomic mass is 32.1. The predicted molar refractivity (Wildman–Crippen MR) is 76.4 cm³/mol. The van der Waals surface area contributed by atoms with Crippen molar-refractivity contribution >= 4 is 23.2 Å². The zero-order chi connectivity index (χ0) is 13.8. The second-order valence-corrected chi connectivity index (χ2v) is 6.11. The summed E-state index contributed by atoms with van der Waals surface area (Å²) < 4.78 is 0. The lowest BCUT2D eigenvalue weighted by atomic mass is 9.98. The van der Waals surface area contributed by atoms with Gasteiger partial charge in [0.1, 0.15) is 0 Å². The van der Waals surface area contributed by atoms with E-state index in [0.717, 1.165) is 31.8 Å². The lowest BCUT2D eigenvalue weighted by Gasteiger charge is -2.19. The van der Waals surface area contributed by atoms with Crippen molar-refractivity contribution in [1.82, 2.24) is 4.90 Å². The van der Waals surface area contributed by atoms with Crippen LogP contribution in [0.15, 0.2) is 12.1 Å². The molecule has 19 heavy (non-hydrogen) atoms. The third-order valence-corrected chi connectivity index (χ3v) is 4.86. The summed E-state index contributed by atoms with van der Waals surface area (Å²) >= 11 is 1.19. The quantitative estimate of drug-likeness (QED) is 0.924. The van der Waals surface area contributed by atoms with Gasteiger partial charge in [0.2, 0.25) is 0 Å². The van der Waals surface area contributed by atoms with Crippen LogP contribution in [-0.4, -0.2) is 29.8 Å². The van der Waals surface area contributed by atoms with Crippen LogP contribution in [0.1, 0.15) is 52.0 Å². The van der Waals surface area contributed by atoms with E-state index in [9.17, 15) is 9.59 Å². The maximum absolute atomic E-state index is 12.4. The summed E-state index contributed by atoms with van der Waals surface area (Å²) in [7, 11) is 0. The second-order valence-electron chi connectivity index (χ2n) is 5.03. The Hall–Kier alpha value is -1.36. The average molecular weight is 280 g/mol. The Morgan fingerprint density at radius 2 is 2.05 bits per heavy atom. The molecule has 1 saturated heterocycles. The minimum Gasteiger partial charge on any atom is -0.365 e. The monoisotopic (exact) mass is 280 g/mol. The van der Waals surface area contributed by atoms with Crippen LogP contribution in [0.25, 0.3) is 0 Å². The number of hydrogen-bond acceptors (Lipinski definition) is 3. The zero-order valence-corrected chi connectivity index (χ0v) is 12.0. The SMILES string of the molecule is CCC1CCCN(C(=O)c2ccc(C(N)=O)s2)CC1. The van der Waals surface area contributed by atoms with Crippen LogP contribution < -0.4 is 5.73 Å². The van der Waals surface area contributed by atoms with E-state index in [4.69, 9.17) is 5.73 Å². The van der Waals surface area contributed by atoms with E-state index in [0.29, 0.717) is 9.75 Å². The van der Waals surface area contributed by atoms with Crippen molar-refractivity contribution < 1.29 is 9.59 Å². The third-order valence-electron chi connectivity index (χ3n) is 3.77. The molecule has 1 atom stereocenters. The Morgan fingerprint density at radius 1 is 1.32 bits per heavy atom. The van der Waals surface area contributed by atoms with E-state index in [1.165, 1.54) is 24.2 Å². The molecule has 0 saturated carbocycles. The Labute approximate surface area is 117 Å². The maximum Gasteiger partial charge on any atom is 0.263 e. The summed E-state index contributed by atoms with van der Waals surface area (Å²) in [6, 6.07) is 3.34. The molecule has 2 amide bonds. The first-order valence-electron chi connectivity index (χ1n) is 6.80. The summed E-state index contributed by atoms with van der Waals surface area (Å²) in [4.78, 5) is 26.4. The number of hydrogen-bond donors (Lipinski definition) is 1. The van der Waals surface area contributed by atoms with Gasteiger partial charge in [-0.2, -0.15) is 0 Å². The molecule has 1 unspecified atom stereocenters. The van der Waals surface area contributed by atoms with Gasteiger partial charge >= 0.3 is 0 Å². The predicted octanol–water partition coefficient (Wildman–Crippen LogP) is 2.50. The minimum atomic E-state index is -0.467. The molecule has 5 heteroatoms. The molecule has 2 rings (SSSR count). The number of amides is 2. The number of thiophene rings is 1. The van der Waals surface area contributed by atoms with Gasteiger partial charge in [-0.25, -0.2) is 0 Å². The summed E-state index contributed by atoms with van der Waals surface area (Å²) in [5.74, 6) is 0.308. The van der Waals surface area contributed by atoms with Crippen molar-refractivity contribution in [3.05, 3.63) is 21.9 Å². The Balaban J connectivity index is 2.04. The van der Waals surface area contributed by atoms with E-state index in [-0.39, 0.29) is 5.91 Å². The maximum atomic E-state index is 12.4. The number of primary amides is 1. The van der Waals surface area contributed by atoms with E-state index in [2.05, 4.69) is 6.92 Å². The molecule has 0 aromatic carbocycles. The van der Waals surface area contributed by atoms with Gasteiger partial charge in [0.15, 0.2) is 0 Å². The first-order valence-corrected chi connectivity index (χ1v) is 7.62. The van der Waals surface area contributed by atoms with E-state index >= 15 is 0 Å². The fraction of sp³-hybridized carbons (Fsp3) is 0.571. The van der Waals surface area contributed by atoms with Crippen molar-refractivity contribution in [2.75, 3.05) is 13.1 Å². The van der Waals surface area contributed by atoms with Gasteiger partial charge in [-0.05, 0) is 37.3 Å². The first kappa shape index (κ1) is 14.1. The fourth-order valence-corrected chi connectivity index (χ4v) is 3.34. The normalized spacial score (nSPS) is 20.1. The van der Waals surface area contributed by atoms with Crippen LogP contribution in [-0.2, 0) is 0 Å². The van der Waals surface area contributed by atoms with E-state index in [1.54, 1.807) is 12.1 Å². The Morgan fingerprint density at radius 3 is 2.68 bits per heavy atom. The van der Waals surface area contributed by atoms with Crippen molar-refractivity contribution in [1.29, 1.82) is 0 Å². The molecule has 0 spiro atoms. The van der Waals surface area contributed by atoms with Gasteiger partial charge in [-0.15, -0.1) is 11.3 Å². The molecule has 1 aromatic heterocycles. The lowest BCUT2D eigenvalue weighted by Crippen LogP contribution is -2.31. The fourth-order valence-electron chi connectivity index (χ4n) is 2.52. The third kappa shape index (κ3) is 3.35. The van der Waals surface area contributed by atoms with Gasteiger partial charge in [0.25, 0.3) is 11.8 Å². The smallest absolute Gasteiger partial charge is 0.263 e. The van der Waals surface area contributed by atoms with Crippen molar-refractivity contribution in [3.63, 3.8) is 0 Å². The molecule has 104 valence electrons. The largest absolute Gasteiger partial charge is 0.365 e. The van der Waals surface area contributed by atoms with E-state index < -0.39 is 5.91 Å². The Bertz CT molecular complexity index is 470. The van der Waals surface area contributed by atoms with Gasteiger partial charge in [0.05, 0.1) is 9.75 Å². The first-order chi connectivity index (χ1) is 9.11. The zero-order valence-electron chi connectivity index (χ0n) is 11.2. The number of likely N-dealkylation sites (tertiary alicyclic amines) is 1. The van der Waals surface area contributed by atoms with Crippen LogP contribution >= 0.6 is 11.3 Å². The van der Waals surface area contributed by atoms with Crippen LogP contribution in [0.2, 0.25) is 0 Å². The molecule has 2 heterocycles. The van der Waals surface area contributed by atoms with Crippen molar-refractivity contribution in [2.24, 2.45) is 11.7 Å². The van der Waals surface area contributed by atoms with Crippen LogP contribution in [0.3, 0.4) is 0 Å². The van der Waals surface area contributed by atoms with E-state index in [1.807, 2.05) is 4.90 Å². The topological polar surface area (TPSA) is 63.4 Å². The minimum absolute atomic E-state index is 0.0363. The number of nitrogens with two attached hydrogens (primary N) is 1. The molecule has 2 N–H and O–H groups in total. The molecule has 0 aliphatic carbocycles. The van der Waals surface area contributed by atoms with Crippen LogP contribution in [0, 0.1) is 5.92 Å². The molecule has 1 fully saturated rings. The summed E-state index contributed by atoms with van der Waals surface area (Å²) in [5, 5.41) is 0. The standard InChI is InChI=1S/C14H20N2O2S/c1-2-10-4-3-8-16(9-7-10)14(18)12-6-5-11(19-12)13(15)17/h5-6,10H,2-4,7-9H2,1H3,(H2,15,17). The number of rotatable bonds is 3. The highest BCUT2D eigenvalue weighted by Crippen LogP contribution is 2.23. The van der Waals surface area contributed by atoms with Gasteiger partial charge in [-0.1, -0.05) is 13.3 Å². The Kier molecular flexibility index (Phi) is 4.58. The number of nitrogens with zero attached hydrogens (tertiary/aromatic N) is 1. The average Bonchev–Trinajstić information content (AvgIpc) is 2.77. The summed E-state index contributed by atoms with van der Waals surface area (Å²) in [5.41, 5.74) is 5.21.